The largest absolute Gasteiger partial charge is 0.276 e. The zero-order valence-electron chi connectivity index (χ0n) is 11.5. The van der Waals surface area contributed by atoms with Crippen molar-refractivity contribution in [3.63, 3.8) is 0 Å². The van der Waals surface area contributed by atoms with E-state index in [2.05, 4.69) is 20.0 Å². The molecule has 7 nitrogen and oxygen atoms in total. The minimum Gasteiger partial charge on any atom is -0.200 e. The van der Waals surface area contributed by atoms with Gasteiger partial charge in [-0.3, -0.25) is 0 Å². The standard InChI is InChI=1S/C14H13N5O2S/c15-18-16-11-14(12-7-3-1-4-8-12)17-19-22(20,21)13-9-5-2-6-10-13/h1-10,19H,11H2/b17-14+. The molecule has 2 aromatic carbocycles. The predicted octanol–water partition coefficient (Wildman–Crippen LogP) is 2.68. The SMILES string of the molecule is [N-]=[N+]=NC/C(=N\NS(=O)(=O)c1ccccc1)c1ccccc1. The monoisotopic (exact) mass is 315 g/mol. The summed E-state index contributed by atoms with van der Waals surface area (Å²) >= 11 is 0. The Morgan fingerprint density at radius 2 is 1.64 bits per heavy atom. The normalized spacial score (nSPS) is 11.5. The van der Waals surface area contributed by atoms with Crippen LogP contribution in [0.3, 0.4) is 0 Å². The third-order valence-corrected chi connectivity index (χ3v) is 3.97. The van der Waals surface area contributed by atoms with Gasteiger partial charge in [-0.2, -0.15) is 18.4 Å². The van der Waals surface area contributed by atoms with Crippen molar-refractivity contribution < 1.29 is 8.42 Å². The summed E-state index contributed by atoms with van der Waals surface area (Å²) in [6.07, 6.45) is 0. The van der Waals surface area contributed by atoms with Gasteiger partial charge in [0.1, 0.15) is 0 Å². The first-order valence-electron chi connectivity index (χ1n) is 6.33. The van der Waals surface area contributed by atoms with Gasteiger partial charge in [-0.05, 0) is 23.2 Å². The fraction of sp³-hybridized carbons (Fsp3) is 0.0714. The second-order valence-corrected chi connectivity index (χ2v) is 5.88. The number of azide groups is 1. The van der Waals surface area contributed by atoms with Crippen molar-refractivity contribution in [2.24, 2.45) is 10.2 Å². The molecule has 0 saturated heterocycles. The maximum atomic E-state index is 12.1. The van der Waals surface area contributed by atoms with Crippen LogP contribution in [-0.4, -0.2) is 20.7 Å². The molecule has 0 atom stereocenters. The van der Waals surface area contributed by atoms with Crippen LogP contribution in [0.15, 0.2) is 75.8 Å². The molecule has 0 fully saturated rings. The van der Waals surface area contributed by atoms with Gasteiger partial charge >= 0.3 is 0 Å². The number of benzene rings is 2. The van der Waals surface area contributed by atoms with Gasteiger partial charge in [-0.15, -0.1) is 0 Å². The molecule has 0 aliphatic rings. The Morgan fingerprint density at radius 1 is 1.05 bits per heavy atom. The molecule has 0 unspecified atom stereocenters. The average molecular weight is 315 g/mol. The third-order valence-electron chi connectivity index (χ3n) is 2.75. The zero-order chi connectivity index (χ0) is 15.8. The minimum absolute atomic E-state index is 0.0577. The van der Waals surface area contributed by atoms with E-state index in [9.17, 15) is 8.42 Å². The second kappa shape index (κ2) is 7.26. The first kappa shape index (κ1) is 15.6. The summed E-state index contributed by atoms with van der Waals surface area (Å²) in [5.74, 6) is 0. The van der Waals surface area contributed by atoms with E-state index >= 15 is 0 Å². The number of nitrogens with one attached hydrogen (secondary N) is 1. The lowest BCUT2D eigenvalue weighted by Crippen LogP contribution is -2.21. The van der Waals surface area contributed by atoms with E-state index in [4.69, 9.17) is 5.53 Å². The smallest absolute Gasteiger partial charge is 0.200 e. The van der Waals surface area contributed by atoms with Crippen LogP contribution < -0.4 is 4.83 Å². The summed E-state index contributed by atoms with van der Waals surface area (Å²) in [5, 5.41) is 7.33. The molecule has 2 rings (SSSR count). The Morgan fingerprint density at radius 3 is 2.23 bits per heavy atom. The Labute approximate surface area is 128 Å². The van der Waals surface area contributed by atoms with Gasteiger partial charge in [-0.25, -0.2) is 0 Å². The molecule has 0 aromatic heterocycles. The zero-order valence-corrected chi connectivity index (χ0v) is 12.3. The molecule has 0 aliphatic heterocycles. The topological polar surface area (TPSA) is 107 Å². The molecule has 0 bridgehead atoms. The van der Waals surface area contributed by atoms with Crippen molar-refractivity contribution in [2.45, 2.75) is 4.90 Å². The Kier molecular flexibility index (Phi) is 5.13. The van der Waals surface area contributed by atoms with Crippen LogP contribution in [0.25, 0.3) is 10.4 Å². The van der Waals surface area contributed by atoms with Crippen LogP contribution in [0, 0.1) is 0 Å². The van der Waals surface area contributed by atoms with E-state index in [0.29, 0.717) is 11.3 Å². The van der Waals surface area contributed by atoms with Gasteiger partial charge in [0.2, 0.25) is 0 Å². The molecule has 112 valence electrons. The van der Waals surface area contributed by atoms with Crippen molar-refractivity contribution >= 4 is 15.7 Å². The molecular weight excluding hydrogens is 302 g/mol. The molecule has 8 heteroatoms. The number of rotatable bonds is 6. The maximum Gasteiger partial charge on any atom is 0.276 e. The summed E-state index contributed by atoms with van der Waals surface area (Å²) < 4.78 is 24.2. The molecule has 2 aromatic rings. The van der Waals surface area contributed by atoms with Gasteiger partial charge in [-0.1, -0.05) is 53.6 Å². The summed E-state index contributed by atoms with van der Waals surface area (Å²) in [7, 11) is -3.76. The highest BCUT2D eigenvalue weighted by Gasteiger charge is 2.12. The van der Waals surface area contributed by atoms with Crippen LogP contribution in [-0.2, 0) is 10.0 Å². The first-order valence-corrected chi connectivity index (χ1v) is 7.81. The molecule has 0 aliphatic carbocycles. The number of sulfonamides is 1. The minimum atomic E-state index is -3.76. The third kappa shape index (κ3) is 4.08. The molecule has 0 saturated carbocycles. The van der Waals surface area contributed by atoms with Crippen LogP contribution >= 0.6 is 0 Å². The Bertz CT molecular complexity index is 798. The van der Waals surface area contributed by atoms with E-state index in [-0.39, 0.29) is 11.4 Å². The summed E-state index contributed by atoms with van der Waals surface area (Å²) in [6.45, 7) is -0.0577. The molecule has 1 N–H and O–H groups in total. The molecule has 0 heterocycles. The van der Waals surface area contributed by atoms with Crippen LogP contribution in [0.2, 0.25) is 0 Å². The first-order chi connectivity index (χ1) is 10.6. The lowest BCUT2D eigenvalue weighted by atomic mass is 10.1. The lowest BCUT2D eigenvalue weighted by Gasteiger charge is -2.06. The van der Waals surface area contributed by atoms with Crippen molar-refractivity contribution in [1.82, 2.24) is 4.83 Å². The fourth-order valence-electron chi connectivity index (χ4n) is 1.69. The fourth-order valence-corrected chi connectivity index (χ4v) is 2.54. The lowest BCUT2D eigenvalue weighted by molar-refractivity contribution is 0.584. The number of nitrogens with zero attached hydrogens (tertiary/aromatic N) is 4. The van der Waals surface area contributed by atoms with Gasteiger partial charge in [0, 0.05) is 4.91 Å². The van der Waals surface area contributed by atoms with E-state index in [0.717, 1.165) is 0 Å². The van der Waals surface area contributed by atoms with Gasteiger partial charge in [0.25, 0.3) is 10.0 Å². The van der Waals surface area contributed by atoms with Crippen molar-refractivity contribution in [2.75, 3.05) is 6.54 Å². The van der Waals surface area contributed by atoms with E-state index in [1.165, 1.54) is 12.1 Å². The number of hydrazone groups is 1. The Balaban J connectivity index is 2.29. The number of hydrogen-bond donors (Lipinski definition) is 1. The van der Waals surface area contributed by atoms with Crippen LogP contribution in [0.5, 0.6) is 0 Å². The second-order valence-electron chi connectivity index (χ2n) is 4.22. The van der Waals surface area contributed by atoms with Crippen molar-refractivity contribution in [3.05, 3.63) is 76.7 Å². The summed E-state index contributed by atoms with van der Waals surface area (Å²) in [4.78, 5) is 4.94. The highest BCUT2D eigenvalue weighted by atomic mass is 32.2. The van der Waals surface area contributed by atoms with Gasteiger partial charge in [0.15, 0.2) is 0 Å². The van der Waals surface area contributed by atoms with E-state index < -0.39 is 10.0 Å². The average Bonchev–Trinajstić information content (AvgIpc) is 2.56. The van der Waals surface area contributed by atoms with Crippen molar-refractivity contribution in [3.8, 4) is 0 Å². The Hall–Kier alpha value is -2.83. The molecule has 0 amide bonds. The summed E-state index contributed by atoms with van der Waals surface area (Å²) in [5.41, 5.74) is 9.44. The van der Waals surface area contributed by atoms with Crippen LogP contribution in [0.1, 0.15) is 5.56 Å². The maximum absolute atomic E-state index is 12.1. The highest BCUT2D eigenvalue weighted by Crippen LogP contribution is 2.08. The number of hydrogen-bond acceptors (Lipinski definition) is 4. The molecular formula is C14H13N5O2S. The van der Waals surface area contributed by atoms with E-state index in [1.54, 1.807) is 42.5 Å². The van der Waals surface area contributed by atoms with Crippen molar-refractivity contribution in [1.29, 1.82) is 0 Å². The quantitative estimate of drug-likeness (QED) is 0.291. The van der Waals surface area contributed by atoms with Gasteiger partial charge < -0.3 is 0 Å². The predicted molar refractivity (Wildman–Crippen MR) is 83.8 cm³/mol. The summed E-state index contributed by atoms with van der Waals surface area (Å²) in [6, 6.07) is 16.8. The molecule has 0 radical (unpaired) electrons. The van der Waals surface area contributed by atoms with Gasteiger partial charge in [0.05, 0.1) is 17.2 Å². The molecule has 22 heavy (non-hydrogen) atoms. The van der Waals surface area contributed by atoms with Crippen LogP contribution in [0.4, 0.5) is 0 Å². The molecule has 0 spiro atoms. The highest BCUT2D eigenvalue weighted by molar-refractivity contribution is 7.89. The van der Waals surface area contributed by atoms with E-state index in [1.807, 2.05) is 6.07 Å².